The molecule has 9 heteroatoms. The number of nitrogens with one attached hydrogen (secondary N) is 1. The van der Waals surface area contributed by atoms with Gasteiger partial charge in [-0.15, -0.1) is 5.10 Å². The number of anilines is 2. The number of pyridine rings is 1. The Balaban J connectivity index is 1.55. The molecule has 3 N–H and O–H groups in total. The zero-order chi connectivity index (χ0) is 24.5. The van der Waals surface area contributed by atoms with Gasteiger partial charge in [0.2, 0.25) is 0 Å². The van der Waals surface area contributed by atoms with Crippen molar-refractivity contribution in [2.75, 3.05) is 5.32 Å². The summed E-state index contributed by atoms with van der Waals surface area (Å²) in [6.07, 6.45) is 3.74. The van der Waals surface area contributed by atoms with Gasteiger partial charge < -0.3 is 15.5 Å². The Labute approximate surface area is 201 Å². The molecule has 4 aromatic rings. The normalized spacial score (nSPS) is 16.4. The molecule has 0 bridgehead atoms. The molecule has 0 saturated carbocycles. The number of imidazole rings is 1. The fraction of sp³-hybridized carbons (Fsp3) is 0.192. The van der Waals surface area contributed by atoms with E-state index in [1.165, 1.54) is 0 Å². The van der Waals surface area contributed by atoms with E-state index in [-0.39, 0.29) is 6.42 Å². The lowest BCUT2D eigenvalue weighted by atomic mass is 9.91. The molecule has 2 unspecified atom stereocenters. The summed E-state index contributed by atoms with van der Waals surface area (Å²) >= 11 is 0. The third-order valence-corrected chi connectivity index (χ3v) is 5.84. The van der Waals surface area contributed by atoms with Gasteiger partial charge in [0.05, 0.1) is 40.7 Å². The third-order valence-electron chi connectivity index (χ3n) is 5.84. The van der Waals surface area contributed by atoms with Crippen molar-refractivity contribution >= 4 is 28.1 Å². The molecule has 0 aliphatic heterocycles. The van der Waals surface area contributed by atoms with Gasteiger partial charge in [-0.2, -0.15) is 10.4 Å². The highest BCUT2D eigenvalue weighted by Gasteiger charge is 2.21. The van der Waals surface area contributed by atoms with Crippen LogP contribution in [-0.4, -0.2) is 41.0 Å². The highest BCUT2D eigenvalue weighted by molar-refractivity contribution is 5.83. The summed E-state index contributed by atoms with van der Waals surface area (Å²) < 4.78 is 1.86. The molecule has 0 saturated heterocycles. The Morgan fingerprint density at radius 1 is 1.17 bits per heavy atom. The molecule has 0 amide bonds. The van der Waals surface area contributed by atoms with E-state index in [0.717, 1.165) is 22.4 Å². The number of aryl methyl sites for hydroxylation is 1. The van der Waals surface area contributed by atoms with Crippen LogP contribution in [0.1, 0.15) is 36.4 Å². The number of aliphatic hydroxyl groups is 2. The van der Waals surface area contributed by atoms with Gasteiger partial charge in [-0.05, 0) is 50.2 Å². The summed E-state index contributed by atoms with van der Waals surface area (Å²) in [6.45, 7) is 3.54. The number of allylic oxidation sites excluding steroid dienone is 2. The topological polar surface area (TPSA) is 133 Å². The summed E-state index contributed by atoms with van der Waals surface area (Å²) in [4.78, 5) is 9.36. The zero-order valence-corrected chi connectivity index (χ0v) is 19.2. The number of hydrogen-bond donors (Lipinski definition) is 3. The first-order chi connectivity index (χ1) is 16.9. The second-order valence-electron chi connectivity index (χ2n) is 8.42. The van der Waals surface area contributed by atoms with Crippen LogP contribution in [0.3, 0.4) is 0 Å². The lowest BCUT2D eigenvalue weighted by Gasteiger charge is -2.19. The quantitative estimate of drug-likeness (QED) is 0.404. The van der Waals surface area contributed by atoms with E-state index in [1.807, 2.05) is 47.9 Å². The van der Waals surface area contributed by atoms with Gasteiger partial charge >= 0.3 is 0 Å². The number of hydrogen-bond acceptors (Lipinski definition) is 8. The molecule has 1 aromatic carbocycles. The third kappa shape index (κ3) is 4.40. The fourth-order valence-corrected chi connectivity index (χ4v) is 4.06. The molecule has 2 atom stereocenters. The molecular weight excluding hydrogens is 442 g/mol. The van der Waals surface area contributed by atoms with E-state index in [1.54, 1.807) is 31.5 Å². The first-order valence-corrected chi connectivity index (χ1v) is 11.2. The van der Waals surface area contributed by atoms with E-state index in [4.69, 9.17) is 4.98 Å². The van der Waals surface area contributed by atoms with Gasteiger partial charge in [-0.3, -0.25) is 4.57 Å². The van der Waals surface area contributed by atoms with Crippen LogP contribution in [0.4, 0.5) is 11.5 Å². The number of fused-ring (bicyclic) bond motifs is 1. The number of nitriles is 1. The van der Waals surface area contributed by atoms with Crippen molar-refractivity contribution in [1.29, 1.82) is 5.26 Å². The SMILES string of the molecule is Cc1ccc(Nc2ccc3c(c2)ncn3-c2ccc(C(C)O)c(C3=C(C#N)CC(O)C=C3)n2)nn1. The predicted molar refractivity (Wildman–Crippen MR) is 132 cm³/mol. The molecule has 3 aromatic heterocycles. The average molecular weight is 466 g/mol. The lowest BCUT2D eigenvalue weighted by Crippen LogP contribution is -2.12. The monoisotopic (exact) mass is 465 g/mol. The van der Waals surface area contributed by atoms with Gasteiger partial charge in [0.25, 0.3) is 0 Å². The Morgan fingerprint density at radius 2 is 2.03 bits per heavy atom. The van der Waals surface area contributed by atoms with Gasteiger partial charge in [-0.1, -0.05) is 18.2 Å². The maximum atomic E-state index is 10.4. The molecule has 1 aliphatic carbocycles. The van der Waals surface area contributed by atoms with E-state index >= 15 is 0 Å². The van der Waals surface area contributed by atoms with Crippen LogP contribution in [0.5, 0.6) is 0 Å². The van der Waals surface area contributed by atoms with Crippen molar-refractivity contribution < 1.29 is 10.2 Å². The van der Waals surface area contributed by atoms with Crippen LogP contribution in [0.25, 0.3) is 22.4 Å². The van der Waals surface area contributed by atoms with E-state index in [0.29, 0.717) is 34.0 Å². The van der Waals surface area contributed by atoms with Crippen LogP contribution in [0, 0.1) is 18.3 Å². The second kappa shape index (κ2) is 9.10. The standard InChI is InChI=1S/C26H23N7O2/c1-15-3-9-24(32-31-15)29-18-4-8-23-22(12-18)28-14-33(23)25-10-7-20(16(2)34)26(30-25)21-6-5-19(35)11-17(21)13-27/h3-10,12,14,16,19,34-35H,11H2,1-2H3,(H,29,32). The fourth-order valence-electron chi connectivity index (χ4n) is 4.06. The smallest absolute Gasteiger partial charge is 0.153 e. The minimum absolute atomic E-state index is 0.211. The van der Waals surface area contributed by atoms with Gasteiger partial charge in [0.15, 0.2) is 5.82 Å². The summed E-state index contributed by atoms with van der Waals surface area (Å²) in [5, 5.41) is 41.4. The summed E-state index contributed by atoms with van der Waals surface area (Å²) in [5.41, 5.74) is 5.42. The lowest BCUT2D eigenvalue weighted by molar-refractivity contribution is 0.198. The van der Waals surface area contributed by atoms with Crippen molar-refractivity contribution in [3.8, 4) is 11.9 Å². The van der Waals surface area contributed by atoms with E-state index in [9.17, 15) is 15.5 Å². The molecule has 0 spiro atoms. The molecule has 0 radical (unpaired) electrons. The second-order valence-corrected chi connectivity index (χ2v) is 8.42. The van der Waals surface area contributed by atoms with E-state index in [2.05, 4.69) is 26.6 Å². The summed E-state index contributed by atoms with van der Waals surface area (Å²) in [6, 6.07) is 15.3. The Bertz CT molecular complexity index is 1510. The highest BCUT2D eigenvalue weighted by atomic mass is 16.3. The number of aromatic nitrogens is 5. The van der Waals surface area contributed by atoms with Crippen molar-refractivity contribution in [3.05, 3.63) is 83.5 Å². The number of nitrogens with zero attached hydrogens (tertiary/aromatic N) is 6. The van der Waals surface area contributed by atoms with Crippen molar-refractivity contribution in [1.82, 2.24) is 24.7 Å². The number of aliphatic hydroxyl groups excluding tert-OH is 2. The maximum absolute atomic E-state index is 10.4. The molecule has 35 heavy (non-hydrogen) atoms. The first-order valence-electron chi connectivity index (χ1n) is 11.2. The van der Waals surface area contributed by atoms with Crippen molar-refractivity contribution in [3.63, 3.8) is 0 Å². The number of rotatable bonds is 5. The Morgan fingerprint density at radius 3 is 2.77 bits per heavy atom. The minimum atomic E-state index is -0.780. The molecule has 0 fully saturated rings. The zero-order valence-electron chi connectivity index (χ0n) is 19.2. The Kier molecular flexibility index (Phi) is 5.82. The maximum Gasteiger partial charge on any atom is 0.153 e. The van der Waals surface area contributed by atoms with Gasteiger partial charge in [-0.25, -0.2) is 9.97 Å². The minimum Gasteiger partial charge on any atom is -0.389 e. The van der Waals surface area contributed by atoms with Crippen LogP contribution in [-0.2, 0) is 0 Å². The van der Waals surface area contributed by atoms with Crippen molar-refractivity contribution in [2.45, 2.75) is 32.5 Å². The van der Waals surface area contributed by atoms with Crippen LogP contribution >= 0.6 is 0 Å². The Hall–Kier alpha value is -4.39. The van der Waals surface area contributed by atoms with Crippen LogP contribution in [0.15, 0.2) is 66.5 Å². The first kappa shape index (κ1) is 22.4. The average Bonchev–Trinajstić information content (AvgIpc) is 3.28. The molecule has 9 nitrogen and oxygen atoms in total. The van der Waals surface area contributed by atoms with E-state index < -0.39 is 12.2 Å². The molecular formula is C26H23N7O2. The summed E-state index contributed by atoms with van der Waals surface area (Å²) in [7, 11) is 0. The van der Waals surface area contributed by atoms with Gasteiger partial charge in [0, 0.05) is 28.8 Å². The highest BCUT2D eigenvalue weighted by Crippen LogP contribution is 2.32. The number of benzene rings is 1. The largest absolute Gasteiger partial charge is 0.389 e. The summed E-state index contributed by atoms with van der Waals surface area (Å²) in [5.74, 6) is 1.24. The van der Waals surface area contributed by atoms with Crippen LogP contribution in [0.2, 0.25) is 0 Å². The molecule has 1 aliphatic rings. The predicted octanol–water partition coefficient (Wildman–Crippen LogP) is 3.91. The van der Waals surface area contributed by atoms with Gasteiger partial charge in [0.1, 0.15) is 12.1 Å². The molecule has 5 rings (SSSR count). The molecule has 174 valence electrons. The van der Waals surface area contributed by atoms with Crippen molar-refractivity contribution in [2.24, 2.45) is 0 Å². The van der Waals surface area contributed by atoms with Crippen LogP contribution < -0.4 is 5.32 Å². The molecule has 3 heterocycles.